The highest BCUT2D eigenvalue weighted by atomic mass is 32.2. The fourth-order valence-electron chi connectivity index (χ4n) is 2.39. The predicted octanol–water partition coefficient (Wildman–Crippen LogP) is 2.37. The largest absolute Gasteiger partial charge is 0.469 e. The zero-order chi connectivity index (χ0) is 13.0. The lowest BCUT2D eigenvalue weighted by atomic mass is 9.81. The molecule has 0 bridgehead atoms. The predicted molar refractivity (Wildman–Crippen MR) is 70.2 cm³/mol. The number of methoxy groups -OCH3 is 1. The molecule has 3 nitrogen and oxygen atoms in total. The smallest absolute Gasteiger partial charge is 0.309 e. The molecule has 0 N–H and O–H groups in total. The Bertz CT molecular complexity index is 290. The van der Waals surface area contributed by atoms with Gasteiger partial charge in [0.15, 0.2) is 0 Å². The summed E-state index contributed by atoms with van der Waals surface area (Å²) in [5, 5.41) is 0.272. The Labute approximate surface area is 107 Å². The van der Waals surface area contributed by atoms with Crippen molar-refractivity contribution in [1.29, 1.82) is 0 Å². The molecule has 100 valence electrons. The summed E-state index contributed by atoms with van der Waals surface area (Å²) in [6.07, 6.45) is 3.22. The van der Waals surface area contributed by atoms with E-state index in [1.54, 1.807) is 6.92 Å². The van der Waals surface area contributed by atoms with Gasteiger partial charge < -0.3 is 4.74 Å². The van der Waals surface area contributed by atoms with Crippen molar-refractivity contribution in [3.8, 4) is 0 Å². The molecule has 1 aliphatic carbocycles. The molecule has 0 radical (unpaired) electrons. The minimum Gasteiger partial charge on any atom is -0.469 e. The number of ether oxygens (including phenoxy) is 1. The van der Waals surface area contributed by atoms with Gasteiger partial charge in [0, 0.05) is 21.8 Å². The second kappa shape index (κ2) is 6.53. The van der Waals surface area contributed by atoms with Crippen LogP contribution >= 0.6 is 0 Å². The third-order valence-electron chi connectivity index (χ3n) is 3.94. The van der Waals surface area contributed by atoms with E-state index in [9.17, 15) is 9.00 Å². The SMILES string of the molecule is COC(=O)C(C)CS(=O)C1CCC(C)C(C)C1. The first-order valence-corrected chi connectivity index (χ1v) is 7.78. The van der Waals surface area contributed by atoms with Crippen LogP contribution in [0.25, 0.3) is 0 Å². The molecule has 0 aromatic carbocycles. The van der Waals surface area contributed by atoms with Crippen molar-refractivity contribution in [2.45, 2.75) is 45.3 Å². The second-order valence-corrected chi connectivity index (χ2v) is 7.12. The third-order valence-corrected chi connectivity index (χ3v) is 5.94. The molecule has 1 rings (SSSR count). The minimum absolute atomic E-state index is 0.254. The summed E-state index contributed by atoms with van der Waals surface area (Å²) in [7, 11) is 0.486. The van der Waals surface area contributed by atoms with Gasteiger partial charge in [-0.25, -0.2) is 0 Å². The van der Waals surface area contributed by atoms with Crippen LogP contribution in [-0.4, -0.2) is 28.3 Å². The average Bonchev–Trinajstić information content (AvgIpc) is 2.31. The van der Waals surface area contributed by atoms with Gasteiger partial charge in [0.05, 0.1) is 13.0 Å². The highest BCUT2D eigenvalue weighted by Gasteiger charge is 2.29. The average molecular weight is 260 g/mol. The molecule has 0 aromatic heterocycles. The number of rotatable bonds is 4. The lowest BCUT2D eigenvalue weighted by Gasteiger charge is -2.31. The van der Waals surface area contributed by atoms with Gasteiger partial charge in [-0.05, 0) is 31.1 Å². The fourth-order valence-corrected chi connectivity index (χ4v) is 4.21. The summed E-state index contributed by atoms with van der Waals surface area (Å²) in [6, 6.07) is 0. The minimum atomic E-state index is -0.895. The van der Waals surface area contributed by atoms with Crippen LogP contribution in [0.15, 0.2) is 0 Å². The van der Waals surface area contributed by atoms with E-state index in [1.165, 1.54) is 7.11 Å². The van der Waals surface area contributed by atoms with Crippen LogP contribution in [0.2, 0.25) is 0 Å². The number of hydrogen-bond donors (Lipinski definition) is 0. The molecule has 0 saturated heterocycles. The molecule has 0 aliphatic heterocycles. The molecule has 1 saturated carbocycles. The van der Waals surface area contributed by atoms with E-state index in [0.717, 1.165) is 25.2 Å². The molecule has 1 fully saturated rings. The molecule has 5 unspecified atom stereocenters. The monoisotopic (exact) mass is 260 g/mol. The normalized spacial score (nSPS) is 32.8. The van der Waals surface area contributed by atoms with Crippen molar-refractivity contribution in [2.75, 3.05) is 12.9 Å². The number of carbonyl (C=O) groups excluding carboxylic acids is 1. The summed E-state index contributed by atoms with van der Waals surface area (Å²) in [4.78, 5) is 11.3. The van der Waals surface area contributed by atoms with Crippen LogP contribution in [0.3, 0.4) is 0 Å². The first kappa shape index (κ1) is 14.7. The third kappa shape index (κ3) is 4.09. The van der Waals surface area contributed by atoms with Gasteiger partial charge in [-0.3, -0.25) is 9.00 Å². The van der Waals surface area contributed by atoms with Crippen molar-refractivity contribution >= 4 is 16.8 Å². The van der Waals surface area contributed by atoms with Gasteiger partial charge in [0.2, 0.25) is 0 Å². The van der Waals surface area contributed by atoms with Crippen molar-refractivity contribution in [2.24, 2.45) is 17.8 Å². The first-order valence-electron chi connectivity index (χ1n) is 6.40. The second-order valence-electron chi connectivity index (χ2n) is 5.36. The molecular weight excluding hydrogens is 236 g/mol. The summed E-state index contributed by atoms with van der Waals surface area (Å²) >= 11 is 0. The molecule has 1 aliphatic rings. The van der Waals surface area contributed by atoms with Gasteiger partial charge in [0.25, 0.3) is 0 Å². The Morgan fingerprint density at radius 1 is 1.35 bits per heavy atom. The highest BCUT2D eigenvalue weighted by molar-refractivity contribution is 7.85. The standard InChI is InChI=1S/C13H24O3S/c1-9-5-6-12(7-10(9)2)17(15)8-11(3)13(14)16-4/h9-12H,5-8H2,1-4H3. The van der Waals surface area contributed by atoms with Gasteiger partial charge in [-0.15, -0.1) is 0 Å². The van der Waals surface area contributed by atoms with Gasteiger partial charge in [-0.2, -0.15) is 0 Å². The molecule has 0 spiro atoms. The lowest BCUT2D eigenvalue weighted by Crippen LogP contribution is -2.31. The van der Waals surface area contributed by atoms with Crippen LogP contribution in [0.4, 0.5) is 0 Å². The van der Waals surface area contributed by atoms with E-state index in [2.05, 4.69) is 18.6 Å². The maximum Gasteiger partial charge on any atom is 0.309 e. The van der Waals surface area contributed by atoms with E-state index >= 15 is 0 Å². The summed E-state index contributed by atoms with van der Waals surface area (Å²) < 4.78 is 16.8. The number of carbonyl (C=O) groups is 1. The van der Waals surface area contributed by atoms with Crippen LogP contribution in [0.1, 0.15) is 40.0 Å². The molecule has 17 heavy (non-hydrogen) atoms. The van der Waals surface area contributed by atoms with E-state index < -0.39 is 10.8 Å². The fraction of sp³-hybridized carbons (Fsp3) is 0.923. The molecule has 5 atom stereocenters. The van der Waals surface area contributed by atoms with E-state index in [0.29, 0.717) is 11.7 Å². The molecule has 0 aromatic rings. The van der Waals surface area contributed by atoms with Crippen molar-refractivity contribution < 1.29 is 13.7 Å². The molecule has 0 amide bonds. The lowest BCUT2D eigenvalue weighted by molar-refractivity contribution is -0.144. The van der Waals surface area contributed by atoms with Gasteiger partial charge in [0.1, 0.15) is 0 Å². The Hall–Kier alpha value is -0.380. The highest BCUT2D eigenvalue weighted by Crippen LogP contribution is 2.32. The Morgan fingerprint density at radius 2 is 2.00 bits per heavy atom. The summed E-state index contributed by atoms with van der Waals surface area (Å²) in [5.74, 6) is 1.32. The zero-order valence-electron chi connectivity index (χ0n) is 11.3. The van der Waals surface area contributed by atoms with Crippen LogP contribution in [0, 0.1) is 17.8 Å². The van der Waals surface area contributed by atoms with Crippen molar-refractivity contribution in [1.82, 2.24) is 0 Å². The van der Waals surface area contributed by atoms with Crippen LogP contribution < -0.4 is 0 Å². The summed E-state index contributed by atoms with van der Waals surface area (Å²) in [5.41, 5.74) is 0. The summed E-state index contributed by atoms with van der Waals surface area (Å²) in [6.45, 7) is 6.29. The quantitative estimate of drug-likeness (QED) is 0.729. The maximum absolute atomic E-state index is 12.2. The molecule has 4 heteroatoms. The number of hydrogen-bond acceptors (Lipinski definition) is 3. The van der Waals surface area contributed by atoms with Crippen molar-refractivity contribution in [3.05, 3.63) is 0 Å². The van der Waals surface area contributed by atoms with Crippen molar-refractivity contribution in [3.63, 3.8) is 0 Å². The topological polar surface area (TPSA) is 43.4 Å². The number of esters is 1. The van der Waals surface area contributed by atoms with Crippen LogP contribution in [0.5, 0.6) is 0 Å². The van der Waals surface area contributed by atoms with E-state index in [1.807, 2.05) is 0 Å². The van der Waals surface area contributed by atoms with Gasteiger partial charge in [-0.1, -0.05) is 20.8 Å². The zero-order valence-corrected chi connectivity index (χ0v) is 12.1. The van der Waals surface area contributed by atoms with Gasteiger partial charge >= 0.3 is 5.97 Å². The van der Waals surface area contributed by atoms with Crippen LogP contribution in [-0.2, 0) is 20.3 Å². The van der Waals surface area contributed by atoms with E-state index in [-0.39, 0.29) is 17.1 Å². The first-order chi connectivity index (χ1) is 7.95. The molecular formula is C13H24O3S. The Kier molecular flexibility index (Phi) is 5.63. The van der Waals surface area contributed by atoms with E-state index in [4.69, 9.17) is 0 Å². The Morgan fingerprint density at radius 3 is 2.53 bits per heavy atom. The Balaban J connectivity index is 2.45. The molecule has 0 heterocycles. The maximum atomic E-state index is 12.2.